The van der Waals surface area contributed by atoms with E-state index in [0.717, 1.165) is 0 Å². The molecule has 0 aliphatic carbocycles. The lowest BCUT2D eigenvalue weighted by molar-refractivity contribution is 0.0471. The third-order valence-electron chi connectivity index (χ3n) is 3.93. The number of hydrogen-bond acceptors (Lipinski definition) is 7. The van der Waals surface area contributed by atoms with Crippen LogP contribution in [-0.4, -0.2) is 40.5 Å². The van der Waals surface area contributed by atoms with Gasteiger partial charge >= 0.3 is 5.97 Å². The summed E-state index contributed by atoms with van der Waals surface area (Å²) in [6.45, 7) is 0.909. The van der Waals surface area contributed by atoms with E-state index in [4.69, 9.17) is 40.0 Å². The summed E-state index contributed by atoms with van der Waals surface area (Å²) in [4.78, 5) is 12.5. The number of carbonyl (C=O) groups is 1. The first kappa shape index (κ1) is 19.0. The van der Waals surface area contributed by atoms with Gasteiger partial charge in [0.25, 0.3) is 0 Å². The van der Waals surface area contributed by atoms with Crippen molar-refractivity contribution >= 4 is 17.6 Å². The van der Waals surface area contributed by atoms with Crippen LogP contribution >= 0.6 is 11.6 Å². The number of rotatable bonds is 6. The van der Waals surface area contributed by atoms with Gasteiger partial charge in [-0.1, -0.05) is 11.6 Å². The van der Waals surface area contributed by atoms with E-state index < -0.39 is 5.97 Å². The smallest absolute Gasteiger partial charge is 0.338 e. The molecule has 0 saturated carbocycles. The first-order valence-corrected chi connectivity index (χ1v) is 8.50. The maximum absolute atomic E-state index is 12.5. The van der Waals surface area contributed by atoms with Crippen LogP contribution in [-0.2, 0) is 11.3 Å². The highest BCUT2D eigenvalue weighted by atomic mass is 35.5. The van der Waals surface area contributed by atoms with Crippen molar-refractivity contribution in [1.82, 2.24) is 0 Å². The van der Waals surface area contributed by atoms with E-state index >= 15 is 0 Å². The minimum atomic E-state index is -0.541. The van der Waals surface area contributed by atoms with Crippen molar-refractivity contribution in [1.29, 1.82) is 0 Å². The van der Waals surface area contributed by atoms with Gasteiger partial charge in [0.1, 0.15) is 19.8 Å². The molecule has 0 bridgehead atoms. The van der Waals surface area contributed by atoms with Crippen molar-refractivity contribution in [2.24, 2.45) is 0 Å². The van der Waals surface area contributed by atoms with Crippen molar-refractivity contribution in [3.05, 3.63) is 40.4 Å². The summed E-state index contributed by atoms with van der Waals surface area (Å²) < 4.78 is 32.1. The summed E-state index contributed by atoms with van der Waals surface area (Å²) in [5, 5.41) is 0.408. The zero-order valence-corrected chi connectivity index (χ0v) is 15.9. The van der Waals surface area contributed by atoms with Crippen molar-refractivity contribution in [3.63, 3.8) is 0 Å². The number of fused-ring (bicyclic) bond motifs is 1. The minimum Gasteiger partial charge on any atom is -0.493 e. The van der Waals surface area contributed by atoms with Crippen LogP contribution in [0.3, 0.4) is 0 Å². The molecule has 7 nitrogen and oxygen atoms in total. The van der Waals surface area contributed by atoms with Crippen LogP contribution in [0.1, 0.15) is 15.9 Å². The largest absolute Gasteiger partial charge is 0.493 e. The SMILES string of the molecule is COc1cc(C(=O)OCc2cc(Cl)c3c(c2)OCCO3)cc(OC)c1OC. The Bertz CT molecular complexity index is 825. The van der Waals surface area contributed by atoms with Gasteiger partial charge in [-0.05, 0) is 29.8 Å². The van der Waals surface area contributed by atoms with Crippen LogP contribution in [0.15, 0.2) is 24.3 Å². The fourth-order valence-corrected chi connectivity index (χ4v) is 2.97. The maximum atomic E-state index is 12.5. The molecule has 0 unspecified atom stereocenters. The van der Waals surface area contributed by atoms with Crippen LogP contribution in [0.5, 0.6) is 28.7 Å². The summed E-state index contributed by atoms with van der Waals surface area (Å²) in [6, 6.07) is 6.47. The fourth-order valence-electron chi connectivity index (χ4n) is 2.68. The Morgan fingerprint density at radius 2 is 1.67 bits per heavy atom. The second-order valence-corrected chi connectivity index (χ2v) is 6.00. The van der Waals surface area contributed by atoms with Crippen LogP contribution in [0.2, 0.25) is 5.02 Å². The average molecular weight is 395 g/mol. The second-order valence-electron chi connectivity index (χ2n) is 5.59. The van der Waals surface area contributed by atoms with Gasteiger partial charge in [-0.3, -0.25) is 0 Å². The molecule has 0 spiro atoms. The van der Waals surface area contributed by atoms with Crippen LogP contribution in [0.25, 0.3) is 0 Å². The molecule has 0 fully saturated rings. The Labute approximate surface area is 161 Å². The topological polar surface area (TPSA) is 72.5 Å². The number of halogens is 1. The zero-order chi connectivity index (χ0) is 19.4. The van der Waals surface area contributed by atoms with Crippen LogP contribution < -0.4 is 23.7 Å². The summed E-state index contributed by atoms with van der Waals surface area (Å²) >= 11 is 6.20. The van der Waals surface area contributed by atoms with E-state index in [0.29, 0.717) is 52.5 Å². The van der Waals surface area contributed by atoms with E-state index in [2.05, 4.69) is 0 Å². The van der Waals surface area contributed by atoms with E-state index in [1.54, 1.807) is 12.1 Å². The van der Waals surface area contributed by atoms with Gasteiger partial charge in [0, 0.05) is 0 Å². The Morgan fingerprint density at radius 3 is 2.30 bits per heavy atom. The summed E-state index contributed by atoms with van der Waals surface area (Å²) in [6.07, 6.45) is 0. The van der Waals surface area contributed by atoms with Gasteiger partial charge in [-0.25, -0.2) is 4.79 Å². The fraction of sp³-hybridized carbons (Fsp3) is 0.316. The summed E-state index contributed by atoms with van der Waals surface area (Å²) in [5.74, 6) is 1.63. The maximum Gasteiger partial charge on any atom is 0.338 e. The van der Waals surface area contributed by atoms with Crippen molar-refractivity contribution in [2.45, 2.75) is 6.61 Å². The highest BCUT2D eigenvalue weighted by Gasteiger charge is 2.20. The van der Waals surface area contributed by atoms with Crippen molar-refractivity contribution in [3.8, 4) is 28.7 Å². The molecule has 0 atom stereocenters. The van der Waals surface area contributed by atoms with Crippen molar-refractivity contribution < 1.29 is 33.2 Å². The van der Waals surface area contributed by atoms with Gasteiger partial charge in [-0.15, -0.1) is 0 Å². The molecular formula is C19H19ClO7. The van der Waals surface area contributed by atoms with E-state index in [1.807, 2.05) is 0 Å². The lowest BCUT2D eigenvalue weighted by Gasteiger charge is -2.20. The van der Waals surface area contributed by atoms with E-state index in [9.17, 15) is 4.79 Å². The van der Waals surface area contributed by atoms with Crippen molar-refractivity contribution in [2.75, 3.05) is 34.5 Å². The molecule has 0 N–H and O–H groups in total. The lowest BCUT2D eigenvalue weighted by Crippen LogP contribution is -2.16. The predicted molar refractivity (Wildman–Crippen MR) is 97.7 cm³/mol. The Kier molecular flexibility index (Phi) is 5.81. The third-order valence-corrected chi connectivity index (χ3v) is 4.21. The summed E-state index contributed by atoms with van der Waals surface area (Å²) in [7, 11) is 4.44. The number of methoxy groups -OCH3 is 3. The highest BCUT2D eigenvalue weighted by Crippen LogP contribution is 2.39. The molecule has 1 aliphatic heterocycles. The van der Waals surface area contributed by atoms with Crippen LogP contribution in [0.4, 0.5) is 0 Å². The number of ether oxygens (including phenoxy) is 6. The third kappa shape index (κ3) is 3.98. The first-order chi connectivity index (χ1) is 13.1. The normalized spacial score (nSPS) is 12.3. The molecule has 27 heavy (non-hydrogen) atoms. The Morgan fingerprint density at radius 1 is 1.00 bits per heavy atom. The number of esters is 1. The first-order valence-electron chi connectivity index (χ1n) is 8.12. The second kappa shape index (κ2) is 8.26. The molecule has 8 heteroatoms. The molecule has 2 aromatic carbocycles. The molecule has 0 saturated heterocycles. The van der Waals surface area contributed by atoms with E-state index in [-0.39, 0.29) is 12.2 Å². The van der Waals surface area contributed by atoms with Crippen LogP contribution in [0, 0.1) is 0 Å². The van der Waals surface area contributed by atoms with Gasteiger partial charge in [-0.2, -0.15) is 0 Å². The predicted octanol–water partition coefficient (Wildman–Crippen LogP) is 3.49. The quantitative estimate of drug-likeness (QED) is 0.694. The minimum absolute atomic E-state index is 0.0197. The van der Waals surface area contributed by atoms with E-state index in [1.165, 1.54) is 33.5 Å². The standard InChI is InChI=1S/C19H19ClO7/c1-22-14-8-12(9-15(23-2)18(14)24-3)19(21)27-10-11-6-13(20)17-16(7-11)25-4-5-26-17/h6-9H,4-5,10H2,1-3H3. The molecule has 1 heterocycles. The molecule has 3 rings (SSSR count). The number of hydrogen-bond donors (Lipinski definition) is 0. The molecule has 0 amide bonds. The highest BCUT2D eigenvalue weighted by molar-refractivity contribution is 6.32. The monoisotopic (exact) mass is 394 g/mol. The molecule has 1 aliphatic rings. The number of benzene rings is 2. The molecule has 0 aromatic heterocycles. The molecule has 144 valence electrons. The van der Waals surface area contributed by atoms with Gasteiger partial charge < -0.3 is 28.4 Å². The zero-order valence-electron chi connectivity index (χ0n) is 15.2. The molecular weight excluding hydrogens is 376 g/mol. The Hall–Kier alpha value is -2.80. The Balaban J connectivity index is 1.77. The number of carbonyl (C=O) groups excluding carboxylic acids is 1. The molecule has 0 radical (unpaired) electrons. The van der Waals surface area contributed by atoms with Gasteiger partial charge in [0.2, 0.25) is 5.75 Å². The van der Waals surface area contributed by atoms with Gasteiger partial charge in [0.05, 0.1) is 31.9 Å². The molecule has 2 aromatic rings. The average Bonchev–Trinajstić information content (AvgIpc) is 2.70. The lowest BCUT2D eigenvalue weighted by atomic mass is 10.1. The summed E-state index contributed by atoms with van der Waals surface area (Å²) in [5.41, 5.74) is 0.957. The van der Waals surface area contributed by atoms with Gasteiger partial charge in [0.15, 0.2) is 23.0 Å².